The van der Waals surface area contributed by atoms with E-state index in [9.17, 15) is 13.2 Å². The summed E-state index contributed by atoms with van der Waals surface area (Å²) in [6, 6.07) is 5.53. The van der Waals surface area contributed by atoms with E-state index >= 15 is 0 Å². The average Bonchev–Trinajstić information content (AvgIpc) is 2.68. The second kappa shape index (κ2) is 4.52. The summed E-state index contributed by atoms with van der Waals surface area (Å²) in [5, 5.41) is 2.80. The van der Waals surface area contributed by atoms with Gasteiger partial charge in [-0.1, -0.05) is 6.07 Å². The molecular weight excluding hydrogens is 266 g/mol. The number of nitrogens with one attached hydrogen (secondary N) is 1. The van der Waals surface area contributed by atoms with Crippen molar-refractivity contribution in [3.8, 4) is 5.75 Å². The van der Waals surface area contributed by atoms with E-state index < -0.39 is 9.84 Å². The van der Waals surface area contributed by atoms with E-state index in [0.29, 0.717) is 18.6 Å². The van der Waals surface area contributed by atoms with Crippen molar-refractivity contribution in [1.82, 2.24) is 0 Å². The minimum absolute atomic E-state index is 0.00749. The Balaban J connectivity index is 1.76. The SMILES string of the molecule is O=C1CCc2ccc(OC3CCS(=O)(=O)C3)cc2N1. The molecule has 3 rings (SSSR count). The van der Waals surface area contributed by atoms with Crippen LogP contribution in [0.5, 0.6) is 5.75 Å². The first-order chi connectivity index (χ1) is 9.02. The molecule has 1 atom stereocenters. The highest BCUT2D eigenvalue weighted by atomic mass is 32.2. The first-order valence-corrected chi connectivity index (χ1v) is 8.14. The molecule has 0 radical (unpaired) electrons. The minimum atomic E-state index is -2.94. The summed E-state index contributed by atoms with van der Waals surface area (Å²) in [6.45, 7) is 0. The van der Waals surface area contributed by atoms with E-state index in [1.807, 2.05) is 12.1 Å². The Morgan fingerprint density at radius 2 is 2.11 bits per heavy atom. The van der Waals surface area contributed by atoms with E-state index in [-0.39, 0.29) is 23.5 Å². The molecule has 1 amide bonds. The van der Waals surface area contributed by atoms with Gasteiger partial charge in [0, 0.05) is 18.2 Å². The van der Waals surface area contributed by atoms with Crippen LogP contribution in [0, 0.1) is 0 Å². The van der Waals surface area contributed by atoms with Gasteiger partial charge in [-0.25, -0.2) is 8.42 Å². The van der Waals surface area contributed by atoms with Gasteiger partial charge in [-0.3, -0.25) is 4.79 Å². The van der Waals surface area contributed by atoms with Crippen molar-refractivity contribution in [3.05, 3.63) is 23.8 Å². The topological polar surface area (TPSA) is 72.5 Å². The molecule has 1 saturated heterocycles. The molecule has 0 aromatic heterocycles. The van der Waals surface area contributed by atoms with Crippen LogP contribution in [0.2, 0.25) is 0 Å². The Labute approximate surface area is 111 Å². The number of rotatable bonds is 2. The van der Waals surface area contributed by atoms with Gasteiger partial charge in [-0.05, 0) is 24.5 Å². The van der Waals surface area contributed by atoms with Gasteiger partial charge >= 0.3 is 0 Å². The van der Waals surface area contributed by atoms with E-state index in [4.69, 9.17) is 4.74 Å². The van der Waals surface area contributed by atoms with Crippen molar-refractivity contribution in [2.75, 3.05) is 16.8 Å². The summed E-state index contributed by atoms with van der Waals surface area (Å²) < 4.78 is 28.4. The maximum absolute atomic E-state index is 11.4. The molecule has 0 aliphatic carbocycles. The first kappa shape index (κ1) is 12.5. The summed E-state index contributed by atoms with van der Waals surface area (Å²) >= 11 is 0. The minimum Gasteiger partial charge on any atom is -0.489 e. The van der Waals surface area contributed by atoms with Crippen molar-refractivity contribution >= 4 is 21.4 Å². The van der Waals surface area contributed by atoms with Gasteiger partial charge in [0.2, 0.25) is 5.91 Å². The number of carbonyl (C=O) groups excluding carboxylic acids is 1. The van der Waals surface area contributed by atoms with Crippen LogP contribution in [0.3, 0.4) is 0 Å². The number of carbonyl (C=O) groups is 1. The Hall–Kier alpha value is -1.56. The normalized spacial score (nSPS) is 24.6. The highest BCUT2D eigenvalue weighted by Crippen LogP contribution is 2.28. The number of anilines is 1. The zero-order valence-corrected chi connectivity index (χ0v) is 11.2. The molecule has 1 unspecified atom stereocenters. The van der Waals surface area contributed by atoms with Crippen LogP contribution in [-0.2, 0) is 21.1 Å². The number of benzene rings is 1. The zero-order chi connectivity index (χ0) is 13.5. The number of aryl methyl sites for hydroxylation is 1. The van der Waals surface area contributed by atoms with Crippen LogP contribution < -0.4 is 10.1 Å². The molecule has 2 aliphatic heterocycles. The predicted molar refractivity (Wildman–Crippen MR) is 71.1 cm³/mol. The lowest BCUT2D eigenvalue weighted by Crippen LogP contribution is -2.20. The Morgan fingerprint density at radius 3 is 2.84 bits per heavy atom. The third-order valence-electron chi connectivity index (χ3n) is 3.47. The number of hydrogen-bond acceptors (Lipinski definition) is 4. The Bertz CT molecular complexity index is 624. The number of hydrogen-bond donors (Lipinski definition) is 1. The molecule has 0 saturated carbocycles. The summed E-state index contributed by atoms with van der Waals surface area (Å²) in [7, 11) is -2.94. The standard InChI is InChI=1S/C13H15NO4S/c15-13-4-2-9-1-3-10(7-12(9)14-13)18-11-5-6-19(16,17)8-11/h1,3,7,11H,2,4-6,8H2,(H,14,15). The number of fused-ring (bicyclic) bond motifs is 1. The fourth-order valence-electron chi connectivity index (χ4n) is 2.47. The molecule has 2 aliphatic rings. The van der Waals surface area contributed by atoms with Crippen molar-refractivity contribution in [1.29, 1.82) is 0 Å². The van der Waals surface area contributed by atoms with E-state index in [2.05, 4.69) is 5.32 Å². The van der Waals surface area contributed by atoms with Crippen LogP contribution in [0.4, 0.5) is 5.69 Å². The van der Waals surface area contributed by atoms with E-state index in [0.717, 1.165) is 17.7 Å². The van der Waals surface area contributed by atoms with Crippen molar-refractivity contribution in [2.24, 2.45) is 0 Å². The molecule has 0 spiro atoms. The second-order valence-electron chi connectivity index (χ2n) is 5.01. The molecule has 5 nitrogen and oxygen atoms in total. The Morgan fingerprint density at radius 1 is 1.26 bits per heavy atom. The monoisotopic (exact) mass is 281 g/mol. The Kier molecular flexibility index (Phi) is 2.97. The van der Waals surface area contributed by atoms with Crippen LogP contribution in [0.1, 0.15) is 18.4 Å². The molecular formula is C13H15NO4S. The summed E-state index contributed by atoms with van der Waals surface area (Å²) in [6.07, 6.45) is 1.50. The first-order valence-electron chi connectivity index (χ1n) is 6.32. The van der Waals surface area contributed by atoms with Gasteiger partial charge in [0.1, 0.15) is 11.9 Å². The zero-order valence-electron chi connectivity index (χ0n) is 10.4. The maximum atomic E-state index is 11.4. The van der Waals surface area contributed by atoms with Gasteiger partial charge in [0.25, 0.3) is 0 Å². The summed E-state index contributed by atoms with van der Waals surface area (Å²) in [5.41, 5.74) is 1.86. The fraction of sp³-hybridized carbons (Fsp3) is 0.462. The number of sulfone groups is 1. The largest absolute Gasteiger partial charge is 0.489 e. The number of ether oxygens (including phenoxy) is 1. The maximum Gasteiger partial charge on any atom is 0.224 e. The fourth-order valence-corrected chi connectivity index (χ4v) is 4.06. The molecule has 102 valence electrons. The molecule has 0 bridgehead atoms. The van der Waals surface area contributed by atoms with E-state index in [1.54, 1.807) is 6.07 Å². The number of amides is 1. The van der Waals surface area contributed by atoms with Crippen molar-refractivity contribution < 1.29 is 17.9 Å². The molecule has 19 heavy (non-hydrogen) atoms. The average molecular weight is 281 g/mol. The third kappa shape index (κ3) is 2.73. The lowest BCUT2D eigenvalue weighted by molar-refractivity contribution is -0.116. The predicted octanol–water partition coefficient (Wildman–Crippen LogP) is 1.14. The molecule has 1 aromatic rings. The highest BCUT2D eigenvalue weighted by molar-refractivity contribution is 7.91. The smallest absolute Gasteiger partial charge is 0.224 e. The van der Waals surface area contributed by atoms with Gasteiger partial charge in [-0.2, -0.15) is 0 Å². The van der Waals surface area contributed by atoms with Crippen molar-refractivity contribution in [3.63, 3.8) is 0 Å². The second-order valence-corrected chi connectivity index (χ2v) is 7.24. The quantitative estimate of drug-likeness (QED) is 0.882. The van der Waals surface area contributed by atoms with E-state index in [1.165, 1.54) is 0 Å². The van der Waals surface area contributed by atoms with Gasteiger partial charge in [0.15, 0.2) is 9.84 Å². The van der Waals surface area contributed by atoms with Gasteiger partial charge in [-0.15, -0.1) is 0 Å². The molecule has 1 aromatic carbocycles. The third-order valence-corrected chi connectivity index (χ3v) is 5.21. The van der Waals surface area contributed by atoms with Gasteiger partial charge < -0.3 is 10.1 Å². The van der Waals surface area contributed by atoms with Crippen LogP contribution in [0.15, 0.2) is 18.2 Å². The van der Waals surface area contributed by atoms with Crippen LogP contribution in [0.25, 0.3) is 0 Å². The highest BCUT2D eigenvalue weighted by Gasteiger charge is 2.29. The summed E-state index contributed by atoms with van der Waals surface area (Å²) in [5.74, 6) is 0.895. The van der Waals surface area contributed by atoms with Crippen LogP contribution >= 0.6 is 0 Å². The summed E-state index contributed by atoms with van der Waals surface area (Å²) in [4.78, 5) is 11.3. The molecule has 6 heteroatoms. The lowest BCUT2D eigenvalue weighted by Gasteiger charge is -2.19. The van der Waals surface area contributed by atoms with Crippen LogP contribution in [-0.4, -0.2) is 31.9 Å². The molecule has 1 N–H and O–H groups in total. The molecule has 2 heterocycles. The molecule has 1 fully saturated rings. The van der Waals surface area contributed by atoms with Gasteiger partial charge in [0.05, 0.1) is 11.5 Å². The lowest BCUT2D eigenvalue weighted by atomic mass is 10.0. The van der Waals surface area contributed by atoms with Crippen molar-refractivity contribution in [2.45, 2.75) is 25.4 Å².